The molecular weight excluding hydrogens is 214 g/mol. The van der Waals surface area contributed by atoms with Gasteiger partial charge in [-0.3, -0.25) is 0 Å². The molecule has 1 fully saturated rings. The molecule has 1 aliphatic rings. The number of nitrogens with zero attached hydrogens (tertiary/aromatic N) is 2. The molecular formula is C13H17N3O. The lowest BCUT2D eigenvalue weighted by molar-refractivity contribution is 0.451. The third-order valence-corrected chi connectivity index (χ3v) is 3.31. The van der Waals surface area contributed by atoms with Crippen molar-refractivity contribution in [1.82, 2.24) is 10.5 Å². The van der Waals surface area contributed by atoms with Gasteiger partial charge >= 0.3 is 0 Å². The van der Waals surface area contributed by atoms with E-state index in [2.05, 4.69) is 41.4 Å². The van der Waals surface area contributed by atoms with Gasteiger partial charge in [-0.1, -0.05) is 11.2 Å². The average molecular weight is 231 g/mol. The first-order valence-corrected chi connectivity index (χ1v) is 6.08. The second-order valence-electron chi connectivity index (χ2n) is 4.70. The van der Waals surface area contributed by atoms with Gasteiger partial charge in [-0.2, -0.15) is 0 Å². The average Bonchev–Trinajstić information content (AvgIpc) is 2.74. The molecule has 17 heavy (non-hydrogen) atoms. The fourth-order valence-corrected chi connectivity index (χ4v) is 2.52. The van der Waals surface area contributed by atoms with E-state index in [0.717, 1.165) is 43.0 Å². The summed E-state index contributed by atoms with van der Waals surface area (Å²) in [4.78, 5) is 2.30. The zero-order valence-electron chi connectivity index (χ0n) is 10.3. The minimum atomic E-state index is 0.899. The standard InChI is InChI=1S/C13H17N3O/c1-9-7-10(2)12-11(8-9)17-15-13(12)16-5-3-14-4-6-16/h7-8,14H,3-6H2,1-2H3. The van der Waals surface area contributed by atoms with Crippen molar-refractivity contribution in [3.8, 4) is 0 Å². The van der Waals surface area contributed by atoms with E-state index in [1.54, 1.807) is 0 Å². The lowest BCUT2D eigenvalue weighted by Gasteiger charge is -2.27. The zero-order chi connectivity index (χ0) is 11.8. The largest absolute Gasteiger partial charge is 0.354 e. The summed E-state index contributed by atoms with van der Waals surface area (Å²) in [5, 5.41) is 8.76. The first kappa shape index (κ1) is 10.6. The molecule has 2 heterocycles. The maximum atomic E-state index is 5.45. The maximum Gasteiger partial charge on any atom is 0.180 e. The van der Waals surface area contributed by atoms with Gasteiger partial charge in [-0.25, -0.2) is 0 Å². The van der Waals surface area contributed by atoms with E-state index in [9.17, 15) is 0 Å². The maximum absolute atomic E-state index is 5.45. The van der Waals surface area contributed by atoms with Crippen molar-refractivity contribution in [2.45, 2.75) is 13.8 Å². The van der Waals surface area contributed by atoms with Crippen LogP contribution in [0.25, 0.3) is 11.0 Å². The van der Waals surface area contributed by atoms with Gasteiger partial charge in [-0.05, 0) is 31.0 Å². The molecule has 2 aromatic rings. The number of rotatable bonds is 1. The van der Waals surface area contributed by atoms with Crippen LogP contribution in [0.4, 0.5) is 5.82 Å². The Morgan fingerprint density at radius 1 is 1.24 bits per heavy atom. The minimum Gasteiger partial charge on any atom is -0.354 e. The minimum absolute atomic E-state index is 0.899. The Bertz CT molecular complexity index is 541. The van der Waals surface area contributed by atoms with Crippen molar-refractivity contribution in [3.63, 3.8) is 0 Å². The van der Waals surface area contributed by atoms with Gasteiger partial charge in [-0.15, -0.1) is 0 Å². The highest BCUT2D eigenvalue weighted by atomic mass is 16.5. The lowest BCUT2D eigenvalue weighted by atomic mass is 10.1. The molecule has 0 atom stereocenters. The van der Waals surface area contributed by atoms with Crippen molar-refractivity contribution in [2.75, 3.05) is 31.1 Å². The zero-order valence-corrected chi connectivity index (χ0v) is 10.3. The fraction of sp³-hybridized carbons (Fsp3) is 0.462. The fourth-order valence-electron chi connectivity index (χ4n) is 2.52. The molecule has 90 valence electrons. The molecule has 3 rings (SSSR count). The van der Waals surface area contributed by atoms with E-state index in [0.29, 0.717) is 0 Å². The molecule has 0 unspecified atom stereocenters. The van der Waals surface area contributed by atoms with Gasteiger partial charge in [0.15, 0.2) is 11.4 Å². The number of hydrogen-bond acceptors (Lipinski definition) is 4. The molecule has 0 saturated carbocycles. The van der Waals surface area contributed by atoms with Gasteiger partial charge in [0.05, 0.1) is 5.39 Å². The van der Waals surface area contributed by atoms with Crippen molar-refractivity contribution in [3.05, 3.63) is 23.3 Å². The van der Waals surface area contributed by atoms with Crippen LogP contribution in [0.1, 0.15) is 11.1 Å². The number of nitrogens with one attached hydrogen (secondary N) is 1. The van der Waals surface area contributed by atoms with Crippen LogP contribution in [0.2, 0.25) is 0 Å². The van der Waals surface area contributed by atoms with Gasteiger partial charge < -0.3 is 14.7 Å². The number of hydrogen-bond donors (Lipinski definition) is 1. The van der Waals surface area contributed by atoms with Crippen LogP contribution in [0.3, 0.4) is 0 Å². The van der Waals surface area contributed by atoms with Crippen molar-refractivity contribution in [2.24, 2.45) is 0 Å². The van der Waals surface area contributed by atoms with E-state index in [1.165, 1.54) is 11.1 Å². The number of aryl methyl sites for hydroxylation is 2. The van der Waals surface area contributed by atoms with Crippen LogP contribution in [0.5, 0.6) is 0 Å². The topological polar surface area (TPSA) is 41.3 Å². The molecule has 1 aromatic carbocycles. The number of benzene rings is 1. The van der Waals surface area contributed by atoms with Gasteiger partial charge in [0.2, 0.25) is 0 Å². The Morgan fingerprint density at radius 2 is 2.00 bits per heavy atom. The predicted octanol–water partition coefficient (Wildman–Crippen LogP) is 1.85. The highest BCUT2D eigenvalue weighted by molar-refractivity contribution is 5.92. The molecule has 4 nitrogen and oxygen atoms in total. The molecule has 0 spiro atoms. The Balaban J connectivity index is 2.10. The molecule has 1 N–H and O–H groups in total. The Kier molecular flexibility index (Phi) is 2.52. The van der Waals surface area contributed by atoms with Crippen LogP contribution in [-0.2, 0) is 0 Å². The number of piperazine rings is 1. The summed E-state index contributed by atoms with van der Waals surface area (Å²) in [6, 6.07) is 4.24. The molecule has 0 radical (unpaired) electrons. The molecule has 1 aromatic heterocycles. The smallest absolute Gasteiger partial charge is 0.180 e. The second-order valence-corrected chi connectivity index (χ2v) is 4.70. The second kappa shape index (κ2) is 4.04. The van der Waals surface area contributed by atoms with E-state index in [-0.39, 0.29) is 0 Å². The third-order valence-electron chi connectivity index (χ3n) is 3.31. The lowest BCUT2D eigenvalue weighted by Crippen LogP contribution is -2.43. The molecule has 0 amide bonds. The van der Waals surface area contributed by atoms with Crippen molar-refractivity contribution < 1.29 is 4.52 Å². The van der Waals surface area contributed by atoms with Crippen LogP contribution in [0, 0.1) is 13.8 Å². The van der Waals surface area contributed by atoms with E-state index >= 15 is 0 Å². The van der Waals surface area contributed by atoms with Gasteiger partial charge in [0, 0.05) is 26.2 Å². The Hall–Kier alpha value is -1.55. The molecule has 0 bridgehead atoms. The summed E-state index contributed by atoms with van der Waals surface area (Å²) in [5.74, 6) is 0.999. The summed E-state index contributed by atoms with van der Waals surface area (Å²) in [5.41, 5.74) is 3.36. The van der Waals surface area contributed by atoms with E-state index in [4.69, 9.17) is 4.52 Å². The van der Waals surface area contributed by atoms with Crippen LogP contribution < -0.4 is 10.2 Å². The van der Waals surface area contributed by atoms with E-state index in [1.807, 2.05) is 0 Å². The Labute approximate surface area is 101 Å². The summed E-state index contributed by atoms with van der Waals surface area (Å²) in [6.07, 6.45) is 0. The highest BCUT2D eigenvalue weighted by Gasteiger charge is 2.19. The molecule has 4 heteroatoms. The summed E-state index contributed by atoms with van der Waals surface area (Å²) >= 11 is 0. The SMILES string of the molecule is Cc1cc(C)c2c(N3CCNCC3)noc2c1. The van der Waals surface area contributed by atoms with Crippen molar-refractivity contribution in [1.29, 1.82) is 0 Å². The number of fused-ring (bicyclic) bond motifs is 1. The summed E-state index contributed by atoms with van der Waals surface area (Å²) < 4.78 is 5.45. The molecule has 1 aliphatic heterocycles. The number of anilines is 1. The first-order chi connectivity index (χ1) is 8.25. The van der Waals surface area contributed by atoms with Gasteiger partial charge in [0.1, 0.15) is 0 Å². The van der Waals surface area contributed by atoms with Crippen LogP contribution >= 0.6 is 0 Å². The van der Waals surface area contributed by atoms with Crippen molar-refractivity contribution >= 4 is 16.8 Å². The quantitative estimate of drug-likeness (QED) is 0.813. The number of aromatic nitrogens is 1. The first-order valence-electron chi connectivity index (χ1n) is 6.08. The monoisotopic (exact) mass is 231 g/mol. The Morgan fingerprint density at radius 3 is 2.76 bits per heavy atom. The van der Waals surface area contributed by atoms with Gasteiger partial charge in [0.25, 0.3) is 0 Å². The third kappa shape index (κ3) is 1.78. The molecule has 0 aliphatic carbocycles. The highest BCUT2D eigenvalue weighted by Crippen LogP contribution is 2.30. The van der Waals surface area contributed by atoms with E-state index < -0.39 is 0 Å². The summed E-state index contributed by atoms with van der Waals surface area (Å²) in [7, 11) is 0. The van der Waals surface area contributed by atoms with Crippen LogP contribution in [0.15, 0.2) is 16.7 Å². The molecule has 1 saturated heterocycles. The van der Waals surface area contributed by atoms with Crippen LogP contribution in [-0.4, -0.2) is 31.3 Å². The predicted molar refractivity (Wildman–Crippen MR) is 68.6 cm³/mol. The normalized spacial score (nSPS) is 16.7. The summed E-state index contributed by atoms with van der Waals surface area (Å²) in [6.45, 7) is 8.22.